The summed E-state index contributed by atoms with van der Waals surface area (Å²) < 4.78 is 9.98. The molecule has 3 aliphatic rings. The molecule has 1 aliphatic carbocycles. The molecule has 1 spiro atoms. The highest BCUT2D eigenvalue weighted by molar-refractivity contribution is 6.08. The van der Waals surface area contributed by atoms with Crippen LogP contribution in [0.3, 0.4) is 0 Å². The van der Waals surface area contributed by atoms with Gasteiger partial charge in [0.15, 0.2) is 6.61 Å². The lowest BCUT2D eigenvalue weighted by Crippen LogP contribution is -2.45. The Morgan fingerprint density at radius 3 is 2.38 bits per heavy atom. The first kappa shape index (κ1) is 21.1. The first-order valence-corrected chi connectivity index (χ1v) is 10.1. The summed E-state index contributed by atoms with van der Waals surface area (Å²) in [5.41, 5.74) is -0.879. The number of esters is 2. The van der Waals surface area contributed by atoms with Crippen LogP contribution in [0.1, 0.15) is 45.4 Å². The van der Waals surface area contributed by atoms with Crippen LogP contribution >= 0.6 is 0 Å². The van der Waals surface area contributed by atoms with E-state index in [2.05, 4.69) is 5.32 Å². The van der Waals surface area contributed by atoms with Crippen LogP contribution in [0.5, 0.6) is 0 Å². The fourth-order valence-electron chi connectivity index (χ4n) is 4.17. The van der Waals surface area contributed by atoms with Gasteiger partial charge in [0, 0.05) is 13.1 Å². The Balaban J connectivity index is 1.42. The second-order valence-electron chi connectivity index (χ2n) is 7.68. The van der Waals surface area contributed by atoms with Crippen LogP contribution in [-0.2, 0) is 28.7 Å². The number of piperidine rings is 1. The van der Waals surface area contributed by atoms with Crippen molar-refractivity contribution in [2.24, 2.45) is 5.92 Å². The van der Waals surface area contributed by atoms with Crippen LogP contribution in [0.4, 0.5) is 4.79 Å². The molecule has 0 bridgehead atoms. The highest BCUT2D eigenvalue weighted by Gasteiger charge is 2.52. The number of amides is 4. The molecule has 10 heteroatoms. The average Bonchev–Trinajstić information content (AvgIpc) is 3.27. The predicted molar refractivity (Wildman–Crippen MR) is 98.3 cm³/mol. The smallest absolute Gasteiger partial charge is 0.326 e. The SMILES string of the molecule is CCOC(=O)C1CCN(C(=O)COC(=O)CN2C(=O)NC3(CCCC3)C2=O)CC1. The number of urea groups is 1. The van der Waals surface area contributed by atoms with E-state index in [1.165, 1.54) is 4.90 Å². The highest BCUT2D eigenvalue weighted by atomic mass is 16.5. The van der Waals surface area contributed by atoms with Gasteiger partial charge >= 0.3 is 18.0 Å². The van der Waals surface area contributed by atoms with Crippen molar-refractivity contribution in [1.29, 1.82) is 0 Å². The minimum Gasteiger partial charge on any atom is -0.466 e. The van der Waals surface area contributed by atoms with Crippen LogP contribution in [0, 0.1) is 5.92 Å². The maximum atomic E-state index is 12.5. The van der Waals surface area contributed by atoms with E-state index in [4.69, 9.17) is 9.47 Å². The lowest BCUT2D eigenvalue weighted by atomic mass is 9.97. The summed E-state index contributed by atoms with van der Waals surface area (Å²) in [6.45, 7) is 1.87. The van der Waals surface area contributed by atoms with Crippen LogP contribution in [0.25, 0.3) is 0 Å². The molecule has 1 saturated carbocycles. The van der Waals surface area contributed by atoms with Crippen molar-refractivity contribution in [3.8, 4) is 0 Å². The van der Waals surface area contributed by atoms with E-state index >= 15 is 0 Å². The lowest BCUT2D eigenvalue weighted by Gasteiger charge is -2.30. The van der Waals surface area contributed by atoms with E-state index in [0.29, 0.717) is 45.4 Å². The number of nitrogens with zero attached hydrogens (tertiary/aromatic N) is 2. The van der Waals surface area contributed by atoms with Crippen molar-refractivity contribution < 1.29 is 33.4 Å². The summed E-state index contributed by atoms with van der Waals surface area (Å²) in [5, 5.41) is 2.69. The number of likely N-dealkylation sites (tertiary alicyclic amines) is 1. The number of ether oxygens (including phenoxy) is 2. The topological polar surface area (TPSA) is 122 Å². The molecule has 2 heterocycles. The summed E-state index contributed by atoms with van der Waals surface area (Å²) in [6.07, 6.45) is 3.86. The number of carbonyl (C=O) groups excluding carboxylic acids is 5. The normalized spacial score (nSPS) is 21.4. The molecule has 4 amide bonds. The quantitative estimate of drug-likeness (QED) is 0.491. The molecule has 2 saturated heterocycles. The van der Waals surface area contributed by atoms with Gasteiger partial charge in [-0.1, -0.05) is 12.8 Å². The Morgan fingerprint density at radius 1 is 1.10 bits per heavy atom. The maximum absolute atomic E-state index is 12.5. The second kappa shape index (κ2) is 8.79. The Bertz CT molecular complexity index is 694. The molecule has 0 atom stereocenters. The Hall–Kier alpha value is -2.65. The summed E-state index contributed by atoms with van der Waals surface area (Å²) in [6, 6.07) is -0.596. The molecule has 1 N–H and O–H groups in total. The molecular weight excluding hydrogens is 382 g/mol. The van der Waals surface area contributed by atoms with Crippen molar-refractivity contribution >= 4 is 29.8 Å². The third-order valence-corrected chi connectivity index (χ3v) is 5.81. The van der Waals surface area contributed by atoms with Crippen LogP contribution in [0.15, 0.2) is 0 Å². The maximum Gasteiger partial charge on any atom is 0.326 e. The summed E-state index contributed by atoms with van der Waals surface area (Å²) in [5.74, 6) is -2.04. The Labute approximate surface area is 168 Å². The van der Waals surface area contributed by atoms with E-state index in [0.717, 1.165) is 17.7 Å². The van der Waals surface area contributed by atoms with Crippen molar-refractivity contribution in [2.45, 2.75) is 51.0 Å². The van der Waals surface area contributed by atoms with Crippen molar-refractivity contribution in [1.82, 2.24) is 15.1 Å². The van der Waals surface area contributed by atoms with Crippen molar-refractivity contribution in [3.05, 3.63) is 0 Å². The van der Waals surface area contributed by atoms with Gasteiger partial charge in [-0.05, 0) is 32.6 Å². The lowest BCUT2D eigenvalue weighted by molar-refractivity contribution is -0.156. The summed E-state index contributed by atoms with van der Waals surface area (Å²) >= 11 is 0. The molecule has 0 aromatic rings. The molecule has 3 fully saturated rings. The fourth-order valence-corrected chi connectivity index (χ4v) is 4.17. The van der Waals surface area contributed by atoms with Gasteiger partial charge in [-0.15, -0.1) is 0 Å². The zero-order valence-corrected chi connectivity index (χ0v) is 16.6. The first-order chi connectivity index (χ1) is 13.9. The van der Waals surface area contributed by atoms with Gasteiger partial charge in [-0.25, -0.2) is 4.79 Å². The van der Waals surface area contributed by atoms with Crippen LogP contribution < -0.4 is 5.32 Å². The molecule has 0 radical (unpaired) electrons. The molecule has 10 nitrogen and oxygen atoms in total. The van der Waals surface area contributed by atoms with E-state index in [9.17, 15) is 24.0 Å². The fraction of sp³-hybridized carbons (Fsp3) is 0.737. The molecule has 3 rings (SSSR count). The summed E-state index contributed by atoms with van der Waals surface area (Å²) in [4.78, 5) is 63.0. The van der Waals surface area contributed by atoms with Gasteiger partial charge in [0.05, 0.1) is 12.5 Å². The number of hydrogen-bond acceptors (Lipinski definition) is 7. The van der Waals surface area contributed by atoms with Gasteiger partial charge < -0.3 is 19.7 Å². The van der Waals surface area contributed by atoms with Gasteiger partial charge in [-0.3, -0.25) is 24.1 Å². The average molecular weight is 409 g/mol. The highest BCUT2D eigenvalue weighted by Crippen LogP contribution is 2.34. The Morgan fingerprint density at radius 2 is 1.76 bits per heavy atom. The summed E-state index contributed by atoms with van der Waals surface area (Å²) in [7, 11) is 0. The van der Waals surface area contributed by atoms with Crippen molar-refractivity contribution in [2.75, 3.05) is 32.8 Å². The monoisotopic (exact) mass is 409 g/mol. The van der Waals surface area contributed by atoms with Gasteiger partial charge in [0.1, 0.15) is 12.1 Å². The third-order valence-electron chi connectivity index (χ3n) is 5.81. The standard InChI is InChI=1S/C19H27N3O7/c1-2-28-16(25)13-5-9-21(10-6-13)14(23)12-29-15(24)11-22-17(26)19(20-18(22)27)7-3-4-8-19/h13H,2-12H2,1H3,(H,20,27). The number of nitrogens with one attached hydrogen (secondary N) is 1. The molecule has 2 aliphatic heterocycles. The van der Waals surface area contributed by atoms with Crippen LogP contribution in [0.2, 0.25) is 0 Å². The molecule has 160 valence electrons. The minimum absolute atomic E-state index is 0.218. The predicted octanol–water partition coefficient (Wildman–Crippen LogP) is 0.196. The number of imide groups is 1. The Kier molecular flexibility index (Phi) is 6.39. The largest absolute Gasteiger partial charge is 0.466 e. The molecule has 0 aromatic carbocycles. The first-order valence-electron chi connectivity index (χ1n) is 10.1. The molecule has 29 heavy (non-hydrogen) atoms. The zero-order valence-electron chi connectivity index (χ0n) is 16.6. The van der Waals surface area contributed by atoms with E-state index in [-0.39, 0.29) is 17.8 Å². The molecular formula is C19H27N3O7. The third kappa shape index (κ3) is 4.51. The van der Waals surface area contributed by atoms with Gasteiger partial charge in [0.2, 0.25) is 0 Å². The zero-order chi connectivity index (χ0) is 21.0. The number of rotatable bonds is 6. The van der Waals surface area contributed by atoms with E-state index in [1.54, 1.807) is 6.92 Å². The number of carbonyl (C=O) groups is 5. The van der Waals surface area contributed by atoms with Gasteiger partial charge in [-0.2, -0.15) is 0 Å². The van der Waals surface area contributed by atoms with Crippen molar-refractivity contribution in [3.63, 3.8) is 0 Å². The van der Waals surface area contributed by atoms with E-state index < -0.39 is 36.6 Å². The molecule has 0 unspecified atom stereocenters. The number of hydrogen-bond donors (Lipinski definition) is 1. The van der Waals surface area contributed by atoms with Gasteiger partial charge in [0.25, 0.3) is 11.8 Å². The van der Waals surface area contributed by atoms with Crippen LogP contribution in [-0.4, -0.2) is 78.0 Å². The van der Waals surface area contributed by atoms with E-state index in [1.807, 2.05) is 0 Å². The minimum atomic E-state index is -0.879. The molecule has 0 aromatic heterocycles. The second-order valence-corrected chi connectivity index (χ2v) is 7.68.